The van der Waals surface area contributed by atoms with Crippen molar-refractivity contribution in [3.63, 3.8) is 0 Å². The minimum Gasteiger partial charge on any atom is -0.492 e. The number of H-pyrrole nitrogens is 1. The molecular formula is C22H24N4O2. The predicted molar refractivity (Wildman–Crippen MR) is 110 cm³/mol. The number of amides is 1. The first kappa shape index (κ1) is 18.1. The summed E-state index contributed by atoms with van der Waals surface area (Å²) in [5, 5.41) is 7.19. The van der Waals surface area contributed by atoms with Gasteiger partial charge in [-0.1, -0.05) is 42.5 Å². The first-order valence-corrected chi connectivity index (χ1v) is 9.63. The quantitative estimate of drug-likeness (QED) is 0.741. The minimum absolute atomic E-state index is 0.00701. The minimum atomic E-state index is -0.00701. The van der Waals surface area contributed by atoms with Crippen molar-refractivity contribution >= 4 is 11.6 Å². The molecule has 2 aromatic carbocycles. The Kier molecular flexibility index (Phi) is 5.28. The van der Waals surface area contributed by atoms with E-state index in [4.69, 9.17) is 4.74 Å². The lowest BCUT2D eigenvalue weighted by molar-refractivity contribution is 0.0740. The fourth-order valence-electron chi connectivity index (χ4n) is 3.50. The number of piperazine rings is 1. The molecule has 28 heavy (non-hydrogen) atoms. The molecule has 4 rings (SSSR count). The van der Waals surface area contributed by atoms with Crippen molar-refractivity contribution in [2.75, 3.05) is 37.7 Å². The van der Waals surface area contributed by atoms with Gasteiger partial charge in [-0.2, -0.15) is 5.10 Å². The molecular weight excluding hydrogens is 352 g/mol. The summed E-state index contributed by atoms with van der Waals surface area (Å²) in [6, 6.07) is 19.8. The number of nitrogens with zero attached hydrogens (tertiary/aromatic N) is 3. The van der Waals surface area contributed by atoms with Crippen LogP contribution >= 0.6 is 0 Å². The molecule has 0 bridgehead atoms. The zero-order valence-corrected chi connectivity index (χ0v) is 16.0. The number of carbonyl (C=O) groups excluding carboxylic acids is 1. The van der Waals surface area contributed by atoms with E-state index in [1.54, 1.807) is 0 Å². The second-order valence-electron chi connectivity index (χ2n) is 6.71. The van der Waals surface area contributed by atoms with Gasteiger partial charge < -0.3 is 14.5 Å². The summed E-state index contributed by atoms with van der Waals surface area (Å²) >= 11 is 0. The van der Waals surface area contributed by atoms with Crippen LogP contribution in [-0.4, -0.2) is 53.8 Å². The average Bonchev–Trinajstić information content (AvgIpc) is 3.25. The van der Waals surface area contributed by atoms with Crippen LogP contribution in [0.1, 0.15) is 17.4 Å². The number of ether oxygens (including phenoxy) is 1. The summed E-state index contributed by atoms with van der Waals surface area (Å²) in [4.78, 5) is 17.0. The van der Waals surface area contributed by atoms with Gasteiger partial charge in [0.2, 0.25) is 0 Å². The highest BCUT2D eigenvalue weighted by molar-refractivity contribution is 5.93. The maximum Gasteiger partial charge on any atom is 0.272 e. The normalized spacial score (nSPS) is 14.2. The van der Waals surface area contributed by atoms with Gasteiger partial charge in [0, 0.05) is 31.7 Å². The molecule has 1 N–H and O–H groups in total. The molecule has 0 radical (unpaired) electrons. The standard InChI is InChI=1S/C22H24N4O2/c1-2-28-21-11-7-6-10-20(21)25-12-14-26(15-13-25)22(27)19-16-18(23-24-19)17-8-4-3-5-9-17/h3-11,16H,2,12-15H2,1H3,(H,23,24). The summed E-state index contributed by atoms with van der Waals surface area (Å²) in [5.74, 6) is 0.887. The van der Waals surface area contributed by atoms with Gasteiger partial charge >= 0.3 is 0 Å². The molecule has 6 nitrogen and oxygen atoms in total. The lowest BCUT2D eigenvalue weighted by atomic mass is 10.1. The Bertz CT molecular complexity index is 930. The molecule has 1 aromatic heterocycles. The van der Waals surface area contributed by atoms with Crippen molar-refractivity contribution in [1.82, 2.24) is 15.1 Å². The number of aromatic amines is 1. The van der Waals surface area contributed by atoms with E-state index in [9.17, 15) is 4.79 Å². The molecule has 1 aliphatic heterocycles. The molecule has 1 amide bonds. The van der Waals surface area contributed by atoms with Crippen LogP contribution in [0.15, 0.2) is 60.7 Å². The summed E-state index contributed by atoms with van der Waals surface area (Å²) in [5.41, 5.74) is 3.40. The predicted octanol–water partition coefficient (Wildman–Crippen LogP) is 3.44. The Hall–Kier alpha value is -3.28. The van der Waals surface area contributed by atoms with E-state index in [2.05, 4.69) is 21.2 Å². The highest BCUT2D eigenvalue weighted by Gasteiger charge is 2.25. The number of aromatic nitrogens is 2. The Labute approximate surface area is 164 Å². The molecule has 0 spiro atoms. The van der Waals surface area contributed by atoms with E-state index in [0.717, 1.165) is 35.8 Å². The van der Waals surface area contributed by atoms with Crippen molar-refractivity contribution in [1.29, 1.82) is 0 Å². The van der Waals surface area contributed by atoms with Crippen molar-refractivity contribution in [2.45, 2.75) is 6.92 Å². The van der Waals surface area contributed by atoms with Crippen LogP contribution in [0.3, 0.4) is 0 Å². The van der Waals surface area contributed by atoms with Crippen molar-refractivity contribution in [3.05, 3.63) is 66.4 Å². The third-order valence-electron chi connectivity index (χ3n) is 4.95. The summed E-state index contributed by atoms with van der Waals surface area (Å²) < 4.78 is 5.74. The maximum absolute atomic E-state index is 12.9. The van der Waals surface area contributed by atoms with E-state index in [1.807, 2.05) is 66.4 Å². The summed E-state index contributed by atoms with van der Waals surface area (Å²) in [6.07, 6.45) is 0. The van der Waals surface area contributed by atoms with Crippen LogP contribution in [0.5, 0.6) is 5.75 Å². The first-order chi connectivity index (χ1) is 13.8. The Balaban J connectivity index is 1.42. The van der Waals surface area contributed by atoms with E-state index >= 15 is 0 Å². The average molecular weight is 376 g/mol. The summed E-state index contributed by atoms with van der Waals surface area (Å²) in [6.45, 7) is 5.50. The van der Waals surface area contributed by atoms with Gasteiger partial charge in [-0.15, -0.1) is 0 Å². The highest BCUT2D eigenvalue weighted by atomic mass is 16.5. The second-order valence-corrected chi connectivity index (χ2v) is 6.71. The van der Waals surface area contributed by atoms with Crippen LogP contribution in [-0.2, 0) is 0 Å². The van der Waals surface area contributed by atoms with Crippen LogP contribution in [0.25, 0.3) is 11.3 Å². The number of anilines is 1. The molecule has 144 valence electrons. The zero-order valence-electron chi connectivity index (χ0n) is 16.0. The van der Waals surface area contributed by atoms with Gasteiger partial charge in [0.25, 0.3) is 5.91 Å². The number of nitrogens with one attached hydrogen (secondary N) is 1. The molecule has 0 saturated carbocycles. The lowest BCUT2D eigenvalue weighted by Crippen LogP contribution is -2.49. The third kappa shape index (κ3) is 3.71. The number of para-hydroxylation sites is 2. The maximum atomic E-state index is 12.9. The second kappa shape index (κ2) is 8.17. The van der Waals surface area contributed by atoms with Gasteiger partial charge in [-0.05, 0) is 25.1 Å². The van der Waals surface area contributed by atoms with Crippen LogP contribution in [0.4, 0.5) is 5.69 Å². The number of benzene rings is 2. The smallest absolute Gasteiger partial charge is 0.272 e. The monoisotopic (exact) mass is 376 g/mol. The lowest BCUT2D eigenvalue weighted by Gasteiger charge is -2.36. The van der Waals surface area contributed by atoms with E-state index in [-0.39, 0.29) is 5.91 Å². The molecule has 0 unspecified atom stereocenters. The van der Waals surface area contributed by atoms with Crippen molar-refractivity contribution in [3.8, 4) is 17.0 Å². The highest BCUT2D eigenvalue weighted by Crippen LogP contribution is 2.29. The molecule has 1 aliphatic rings. The topological polar surface area (TPSA) is 61.5 Å². The number of rotatable bonds is 5. The Morgan fingerprint density at radius 2 is 1.75 bits per heavy atom. The summed E-state index contributed by atoms with van der Waals surface area (Å²) in [7, 11) is 0. The number of hydrogen-bond acceptors (Lipinski definition) is 4. The molecule has 0 aliphatic carbocycles. The van der Waals surface area contributed by atoms with Gasteiger partial charge in [0.15, 0.2) is 0 Å². The largest absolute Gasteiger partial charge is 0.492 e. The van der Waals surface area contributed by atoms with Crippen LogP contribution < -0.4 is 9.64 Å². The van der Waals surface area contributed by atoms with Crippen LogP contribution in [0, 0.1) is 0 Å². The van der Waals surface area contributed by atoms with Gasteiger partial charge in [-0.25, -0.2) is 0 Å². The van der Waals surface area contributed by atoms with Gasteiger partial charge in [0.05, 0.1) is 18.0 Å². The van der Waals surface area contributed by atoms with Gasteiger partial charge in [-0.3, -0.25) is 9.89 Å². The fourth-order valence-corrected chi connectivity index (χ4v) is 3.50. The molecule has 1 saturated heterocycles. The molecule has 1 fully saturated rings. The Morgan fingerprint density at radius 3 is 2.50 bits per heavy atom. The molecule has 2 heterocycles. The van der Waals surface area contributed by atoms with Crippen LogP contribution in [0.2, 0.25) is 0 Å². The fraction of sp³-hybridized carbons (Fsp3) is 0.273. The third-order valence-corrected chi connectivity index (χ3v) is 4.95. The van der Waals surface area contributed by atoms with E-state index in [1.165, 1.54) is 0 Å². The number of hydrogen-bond donors (Lipinski definition) is 1. The van der Waals surface area contributed by atoms with Crippen molar-refractivity contribution < 1.29 is 9.53 Å². The Morgan fingerprint density at radius 1 is 1.04 bits per heavy atom. The van der Waals surface area contributed by atoms with Crippen molar-refractivity contribution in [2.24, 2.45) is 0 Å². The van der Waals surface area contributed by atoms with Gasteiger partial charge in [0.1, 0.15) is 11.4 Å². The molecule has 6 heteroatoms. The van der Waals surface area contributed by atoms with E-state index in [0.29, 0.717) is 25.4 Å². The molecule has 0 atom stereocenters. The first-order valence-electron chi connectivity index (χ1n) is 9.63. The van der Waals surface area contributed by atoms with E-state index < -0.39 is 0 Å². The number of carbonyl (C=O) groups is 1. The SMILES string of the molecule is CCOc1ccccc1N1CCN(C(=O)c2cc(-c3ccccc3)n[nH]2)CC1. The zero-order chi connectivity index (χ0) is 19.3. The molecule has 3 aromatic rings.